The van der Waals surface area contributed by atoms with Gasteiger partial charge in [0.25, 0.3) is 0 Å². The van der Waals surface area contributed by atoms with Crippen molar-refractivity contribution in [2.75, 3.05) is 37.6 Å². The summed E-state index contributed by atoms with van der Waals surface area (Å²) in [5.74, 6) is 0. The molecule has 1 fully saturated rings. The topological polar surface area (TPSA) is 58.5 Å². The van der Waals surface area contributed by atoms with Crippen LogP contribution in [-0.4, -0.2) is 42.0 Å². The first-order chi connectivity index (χ1) is 12.6. The van der Waals surface area contributed by atoms with E-state index in [9.17, 15) is 0 Å². The Morgan fingerprint density at radius 1 is 0.846 bits per heavy atom. The van der Waals surface area contributed by atoms with Crippen LogP contribution >= 0.6 is 0 Å². The van der Waals surface area contributed by atoms with Gasteiger partial charge in [-0.25, -0.2) is 0 Å². The SMILES string of the molecule is CCCCCC(CCCCC)N1CCN(Cc2ccc(N)c(N)c2)CC1. The Balaban J connectivity index is 1.81. The van der Waals surface area contributed by atoms with E-state index in [1.165, 1.54) is 70.0 Å². The third-order valence-electron chi connectivity index (χ3n) is 5.76. The molecule has 1 aromatic carbocycles. The van der Waals surface area contributed by atoms with Gasteiger partial charge in [-0.05, 0) is 30.5 Å². The highest BCUT2D eigenvalue weighted by Gasteiger charge is 2.23. The summed E-state index contributed by atoms with van der Waals surface area (Å²) in [5, 5.41) is 0. The van der Waals surface area contributed by atoms with Crippen LogP contribution in [0.4, 0.5) is 11.4 Å². The molecule has 0 aromatic heterocycles. The van der Waals surface area contributed by atoms with Gasteiger partial charge in [-0.2, -0.15) is 0 Å². The highest BCUT2D eigenvalue weighted by Crippen LogP contribution is 2.21. The fourth-order valence-corrected chi connectivity index (χ4v) is 4.04. The Labute approximate surface area is 160 Å². The van der Waals surface area contributed by atoms with E-state index in [-0.39, 0.29) is 0 Å². The lowest BCUT2D eigenvalue weighted by atomic mass is 9.99. The lowest BCUT2D eigenvalue weighted by Crippen LogP contribution is -2.50. The average molecular weight is 361 g/mol. The van der Waals surface area contributed by atoms with Gasteiger partial charge in [-0.1, -0.05) is 58.4 Å². The number of piperazine rings is 1. The van der Waals surface area contributed by atoms with Gasteiger partial charge in [0.05, 0.1) is 11.4 Å². The molecule has 4 N–H and O–H groups in total. The second-order valence-corrected chi connectivity index (χ2v) is 7.92. The number of nitrogens with two attached hydrogens (primary N) is 2. The number of nitrogens with zero attached hydrogens (tertiary/aromatic N) is 2. The molecule has 4 heteroatoms. The Morgan fingerprint density at radius 3 is 2.00 bits per heavy atom. The molecule has 2 rings (SSSR count). The maximum absolute atomic E-state index is 5.95. The summed E-state index contributed by atoms with van der Waals surface area (Å²) in [4.78, 5) is 5.32. The Bertz CT molecular complexity index is 499. The van der Waals surface area contributed by atoms with Gasteiger partial charge < -0.3 is 11.5 Å². The van der Waals surface area contributed by atoms with Crippen LogP contribution in [0.5, 0.6) is 0 Å². The lowest BCUT2D eigenvalue weighted by Gasteiger charge is -2.39. The second kappa shape index (κ2) is 11.5. The normalized spacial score (nSPS) is 16.4. The van der Waals surface area contributed by atoms with Gasteiger partial charge in [-0.3, -0.25) is 9.80 Å². The van der Waals surface area contributed by atoms with Crippen LogP contribution in [0, 0.1) is 0 Å². The van der Waals surface area contributed by atoms with Gasteiger partial charge in [0.1, 0.15) is 0 Å². The third-order valence-corrected chi connectivity index (χ3v) is 5.76. The van der Waals surface area contributed by atoms with E-state index in [2.05, 4.69) is 29.7 Å². The first kappa shape index (κ1) is 21.0. The molecule has 0 saturated carbocycles. The summed E-state index contributed by atoms with van der Waals surface area (Å²) in [7, 11) is 0. The molecule has 0 radical (unpaired) electrons. The number of benzene rings is 1. The molecular formula is C22H40N4. The molecular weight excluding hydrogens is 320 g/mol. The van der Waals surface area contributed by atoms with Crippen molar-refractivity contribution in [1.29, 1.82) is 0 Å². The van der Waals surface area contributed by atoms with Crippen LogP contribution in [-0.2, 0) is 6.54 Å². The Kier molecular flexibility index (Phi) is 9.27. The summed E-state index contributed by atoms with van der Waals surface area (Å²) in [5.41, 5.74) is 14.4. The number of unbranched alkanes of at least 4 members (excludes halogenated alkanes) is 4. The zero-order valence-electron chi connectivity index (χ0n) is 17.1. The molecule has 0 amide bonds. The van der Waals surface area contributed by atoms with E-state index in [1.807, 2.05) is 12.1 Å². The van der Waals surface area contributed by atoms with Crippen molar-refractivity contribution >= 4 is 11.4 Å². The van der Waals surface area contributed by atoms with Crippen LogP contribution in [0.15, 0.2) is 18.2 Å². The minimum absolute atomic E-state index is 0.681. The highest BCUT2D eigenvalue weighted by molar-refractivity contribution is 5.63. The summed E-state index contributed by atoms with van der Waals surface area (Å²) in [6, 6.07) is 6.86. The monoisotopic (exact) mass is 360 g/mol. The van der Waals surface area contributed by atoms with Gasteiger partial charge in [0.15, 0.2) is 0 Å². The zero-order valence-corrected chi connectivity index (χ0v) is 17.1. The van der Waals surface area contributed by atoms with Crippen molar-refractivity contribution in [3.05, 3.63) is 23.8 Å². The zero-order chi connectivity index (χ0) is 18.8. The summed E-state index contributed by atoms with van der Waals surface area (Å²) >= 11 is 0. The summed E-state index contributed by atoms with van der Waals surface area (Å²) in [6.45, 7) is 10.3. The molecule has 1 heterocycles. The molecule has 0 bridgehead atoms. The molecule has 26 heavy (non-hydrogen) atoms. The fourth-order valence-electron chi connectivity index (χ4n) is 4.04. The van der Waals surface area contributed by atoms with Crippen molar-refractivity contribution < 1.29 is 0 Å². The van der Waals surface area contributed by atoms with Gasteiger partial charge in [0.2, 0.25) is 0 Å². The molecule has 0 aliphatic carbocycles. The van der Waals surface area contributed by atoms with Crippen LogP contribution in [0.1, 0.15) is 70.8 Å². The van der Waals surface area contributed by atoms with E-state index in [4.69, 9.17) is 11.5 Å². The quantitative estimate of drug-likeness (QED) is 0.451. The van der Waals surface area contributed by atoms with E-state index < -0.39 is 0 Å². The standard InChI is InChI=1S/C22H40N4/c1-3-5-7-9-20(10-8-6-4-2)26-15-13-25(14-16-26)18-19-11-12-21(23)22(24)17-19/h11-12,17,20H,3-10,13-16,18,23-24H2,1-2H3. The minimum atomic E-state index is 0.681. The number of anilines is 2. The van der Waals surface area contributed by atoms with E-state index in [0.717, 1.165) is 25.7 Å². The van der Waals surface area contributed by atoms with Gasteiger partial charge in [-0.15, -0.1) is 0 Å². The van der Waals surface area contributed by atoms with Crippen molar-refractivity contribution in [3.63, 3.8) is 0 Å². The largest absolute Gasteiger partial charge is 0.397 e. The van der Waals surface area contributed by atoms with Crippen molar-refractivity contribution in [1.82, 2.24) is 9.80 Å². The fraction of sp³-hybridized carbons (Fsp3) is 0.727. The third kappa shape index (κ3) is 6.81. The number of nitrogen functional groups attached to an aromatic ring is 2. The number of hydrogen-bond donors (Lipinski definition) is 2. The van der Waals surface area contributed by atoms with Crippen molar-refractivity contribution in [2.45, 2.75) is 77.8 Å². The predicted octanol–water partition coefficient (Wildman–Crippen LogP) is 4.50. The maximum atomic E-state index is 5.95. The minimum Gasteiger partial charge on any atom is -0.397 e. The number of hydrogen-bond acceptors (Lipinski definition) is 4. The van der Waals surface area contributed by atoms with Crippen molar-refractivity contribution in [2.24, 2.45) is 0 Å². The first-order valence-corrected chi connectivity index (χ1v) is 10.7. The molecule has 1 aliphatic rings. The second-order valence-electron chi connectivity index (χ2n) is 7.92. The lowest BCUT2D eigenvalue weighted by molar-refractivity contribution is 0.0819. The highest BCUT2D eigenvalue weighted by atomic mass is 15.3. The van der Waals surface area contributed by atoms with Gasteiger partial charge in [0, 0.05) is 38.8 Å². The smallest absolute Gasteiger partial charge is 0.0551 e. The van der Waals surface area contributed by atoms with E-state index >= 15 is 0 Å². The Hall–Kier alpha value is -1.26. The summed E-state index contributed by atoms with van der Waals surface area (Å²) < 4.78 is 0. The van der Waals surface area contributed by atoms with Crippen LogP contribution in [0.25, 0.3) is 0 Å². The van der Waals surface area contributed by atoms with Crippen molar-refractivity contribution in [3.8, 4) is 0 Å². The van der Waals surface area contributed by atoms with Crippen LogP contribution < -0.4 is 11.5 Å². The average Bonchev–Trinajstić information content (AvgIpc) is 2.64. The molecule has 148 valence electrons. The molecule has 1 saturated heterocycles. The summed E-state index contributed by atoms with van der Waals surface area (Å²) in [6.07, 6.45) is 10.9. The molecule has 4 nitrogen and oxygen atoms in total. The van der Waals surface area contributed by atoms with Crippen LogP contribution in [0.2, 0.25) is 0 Å². The van der Waals surface area contributed by atoms with E-state index in [0.29, 0.717) is 11.4 Å². The molecule has 1 aliphatic heterocycles. The molecule has 0 unspecified atom stereocenters. The van der Waals surface area contributed by atoms with Crippen LogP contribution in [0.3, 0.4) is 0 Å². The predicted molar refractivity (Wildman–Crippen MR) is 114 cm³/mol. The van der Waals surface area contributed by atoms with E-state index in [1.54, 1.807) is 0 Å². The Morgan fingerprint density at radius 2 is 1.46 bits per heavy atom. The molecule has 1 aromatic rings. The number of rotatable bonds is 11. The van der Waals surface area contributed by atoms with Gasteiger partial charge >= 0.3 is 0 Å². The maximum Gasteiger partial charge on any atom is 0.0551 e. The first-order valence-electron chi connectivity index (χ1n) is 10.7. The molecule has 0 atom stereocenters. The molecule has 0 spiro atoms.